The van der Waals surface area contributed by atoms with E-state index in [4.69, 9.17) is 0 Å². The van der Waals surface area contributed by atoms with E-state index < -0.39 is 36.6 Å². The zero-order valence-corrected chi connectivity index (χ0v) is 16.4. The number of imide groups is 1. The van der Waals surface area contributed by atoms with E-state index >= 15 is 0 Å². The highest BCUT2D eigenvalue weighted by Gasteiger charge is 2.45. The lowest BCUT2D eigenvalue weighted by atomic mass is 10.1. The second-order valence-corrected chi connectivity index (χ2v) is 7.34. The number of nitrogens with one attached hydrogen (secondary N) is 4. The van der Waals surface area contributed by atoms with E-state index in [2.05, 4.69) is 21.3 Å². The molecular weight excluding hydrogens is 417 g/mol. The lowest BCUT2D eigenvalue weighted by Gasteiger charge is -2.36. The highest BCUT2D eigenvalue weighted by atomic mass is 19.4. The van der Waals surface area contributed by atoms with Crippen LogP contribution in [-0.2, 0) is 14.4 Å². The number of rotatable bonds is 5. The molecule has 3 amide bonds. The number of nitriles is 1. The Morgan fingerprint density at radius 3 is 2.68 bits per heavy atom. The highest BCUT2D eigenvalue weighted by Crippen LogP contribution is 2.26. The maximum absolute atomic E-state index is 13.2. The third kappa shape index (κ3) is 5.93. The van der Waals surface area contributed by atoms with Crippen LogP contribution in [0.1, 0.15) is 18.4 Å². The van der Waals surface area contributed by atoms with Gasteiger partial charge in [0, 0.05) is 37.4 Å². The molecule has 2 fully saturated rings. The topological polar surface area (TPSA) is 126 Å². The van der Waals surface area contributed by atoms with Crippen molar-refractivity contribution in [3.8, 4) is 6.07 Å². The smallest absolute Gasteiger partial charge is 0.374 e. The number of hydrogen-bond acceptors (Lipinski definition) is 7. The number of nitrogens with zero attached hydrogens (tertiary/aromatic N) is 2. The molecule has 1 aromatic rings. The molecule has 0 spiro atoms. The van der Waals surface area contributed by atoms with E-state index in [0.717, 1.165) is 4.90 Å². The Balaban J connectivity index is 1.68. The largest absolute Gasteiger partial charge is 0.405 e. The number of carbonyl (C=O) groups excluding carboxylic acids is 3. The summed E-state index contributed by atoms with van der Waals surface area (Å²) in [4.78, 5) is 36.6. The third-order valence-electron chi connectivity index (χ3n) is 5.00. The van der Waals surface area contributed by atoms with Crippen LogP contribution >= 0.6 is 0 Å². The zero-order chi connectivity index (χ0) is 22.6. The van der Waals surface area contributed by atoms with Crippen LogP contribution in [0.2, 0.25) is 0 Å². The average Bonchev–Trinajstić information content (AvgIpc) is 2.69. The Bertz CT molecular complexity index is 914. The van der Waals surface area contributed by atoms with Gasteiger partial charge in [0.2, 0.25) is 17.7 Å². The first-order valence-corrected chi connectivity index (χ1v) is 9.62. The first-order valence-electron chi connectivity index (χ1n) is 9.62. The molecule has 166 valence electrons. The molecule has 9 nitrogen and oxygen atoms in total. The zero-order valence-electron chi connectivity index (χ0n) is 16.4. The first-order chi connectivity index (χ1) is 14.7. The summed E-state index contributed by atoms with van der Waals surface area (Å²) in [5, 5.41) is 19.6. The molecule has 3 rings (SSSR count). The summed E-state index contributed by atoms with van der Waals surface area (Å²) in [5.74, 6) is -1.52. The molecule has 1 aromatic carbocycles. The number of carbonyl (C=O) groups is 3. The van der Waals surface area contributed by atoms with Crippen LogP contribution in [0, 0.1) is 11.3 Å². The summed E-state index contributed by atoms with van der Waals surface area (Å²) in [6.45, 7) is -0.346. The summed E-state index contributed by atoms with van der Waals surface area (Å²) in [7, 11) is 0. The fourth-order valence-electron chi connectivity index (χ4n) is 3.52. The van der Waals surface area contributed by atoms with Crippen molar-refractivity contribution >= 4 is 29.1 Å². The molecular formula is C19H21F3N6O3. The quantitative estimate of drug-likeness (QED) is 0.495. The van der Waals surface area contributed by atoms with Crippen molar-refractivity contribution in [3.05, 3.63) is 23.8 Å². The fourth-order valence-corrected chi connectivity index (χ4v) is 3.52. The number of amides is 3. The normalized spacial score (nSPS) is 22.4. The molecule has 2 aliphatic rings. The van der Waals surface area contributed by atoms with Gasteiger partial charge in [-0.15, -0.1) is 0 Å². The lowest BCUT2D eigenvalue weighted by molar-refractivity contribution is -0.187. The molecule has 2 saturated heterocycles. The molecule has 1 unspecified atom stereocenters. The minimum absolute atomic E-state index is 0.0676. The summed E-state index contributed by atoms with van der Waals surface area (Å²) in [6.07, 6.45) is -4.03. The molecule has 31 heavy (non-hydrogen) atoms. The van der Waals surface area contributed by atoms with Gasteiger partial charge in [0.05, 0.1) is 18.2 Å². The van der Waals surface area contributed by atoms with Gasteiger partial charge in [-0.2, -0.15) is 18.4 Å². The molecule has 0 bridgehead atoms. The van der Waals surface area contributed by atoms with Crippen molar-refractivity contribution in [1.82, 2.24) is 15.5 Å². The van der Waals surface area contributed by atoms with Gasteiger partial charge < -0.3 is 16.0 Å². The van der Waals surface area contributed by atoms with Crippen molar-refractivity contribution in [2.45, 2.75) is 31.1 Å². The van der Waals surface area contributed by atoms with Crippen molar-refractivity contribution < 1.29 is 27.6 Å². The minimum Gasteiger partial charge on any atom is -0.374 e. The van der Waals surface area contributed by atoms with Crippen LogP contribution in [0.25, 0.3) is 0 Å². The van der Waals surface area contributed by atoms with Crippen molar-refractivity contribution in [2.75, 3.05) is 36.8 Å². The molecule has 2 aliphatic heterocycles. The number of hydrogen-bond donors (Lipinski definition) is 4. The number of piperazine rings is 1. The Hall–Kier alpha value is -3.17. The van der Waals surface area contributed by atoms with Gasteiger partial charge in [-0.1, -0.05) is 0 Å². The Morgan fingerprint density at radius 2 is 2.00 bits per heavy atom. The fraction of sp³-hybridized carbons (Fsp3) is 0.474. The Kier molecular flexibility index (Phi) is 6.77. The maximum Gasteiger partial charge on any atom is 0.405 e. The standard InChI is InChI=1S/C19H21F3N6O3/c20-19(21,22)15-9-24-3-4-28(15)10-17(30)26-13-6-11(8-23)5-12(7-13)25-14-1-2-16(29)27-18(14)31/h5-7,14-15,24-25H,1-4,9-10H2,(H,26,30)(H,27,29,31)/t14?,15-/m1/s1. The molecule has 4 N–H and O–H groups in total. The van der Waals surface area contributed by atoms with Crippen LogP contribution in [0.5, 0.6) is 0 Å². The number of piperidine rings is 1. The monoisotopic (exact) mass is 438 g/mol. The Morgan fingerprint density at radius 1 is 1.26 bits per heavy atom. The molecule has 2 atom stereocenters. The van der Waals surface area contributed by atoms with Crippen molar-refractivity contribution in [3.63, 3.8) is 0 Å². The van der Waals surface area contributed by atoms with Crippen LogP contribution in [0.3, 0.4) is 0 Å². The first kappa shape index (κ1) is 22.5. The van der Waals surface area contributed by atoms with Gasteiger partial charge in [0.1, 0.15) is 12.1 Å². The van der Waals surface area contributed by atoms with Crippen molar-refractivity contribution in [2.24, 2.45) is 0 Å². The SMILES string of the molecule is N#Cc1cc(NC(=O)CN2CCNC[C@@H]2C(F)(F)F)cc(NC2CCC(=O)NC2=O)c1. The van der Waals surface area contributed by atoms with Gasteiger partial charge in [-0.05, 0) is 24.6 Å². The second kappa shape index (κ2) is 9.32. The van der Waals surface area contributed by atoms with Crippen molar-refractivity contribution in [1.29, 1.82) is 5.26 Å². The van der Waals surface area contributed by atoms with Crippen LogP contribution < -0.4 is 21.3 Å². The van der Waals surface area contributed by atoms with E-state index in [1.54, 1.807) is 0 Å². The summed E-state index contributed by atoms with van der Waals surface area (Å²) in [5.41, 5.74) is 0.750. The molecule has 12 heteroatoms. The van der Waals surface area contributed by atoms with Gasteiger partial charge in [0.15, 0.2) is 0 Å². The highest BCUT2D eigenvalue weighted by molar-refractivity contribution is 6.01. The second-order valence-electron chi connectivity index (χ2n) is 7.34. The molecule has 0 aromatic heterocycles. The summed E-state index contributed by atoms with van der Waals surface area (Å²) in [6, 6.07) is 3.80. The van der Waals surface area contributed by atoms with E-state index in [9.17, 15) is 32.8 Å². The van der Waals surface area contributed by atoms with E-state index in [1.807, 2.05) is 6.07 Å². The van der Waals surface area contributed by atoms with E-state index in [-0.39, 0.29) is 43.1 Å². The van der Waals surface area contributed by atoms with E-state index in [0.29, 0.717) is 12.2 Å². The van der Waals surface area contributed by atoms with Crippen LogP contribution in [0.15, 0.2) is 18.2 Å². The summed E-state index contributed by atoms with van der Waals surface area (Å²) < 4.78 is 39.6. The number of halogens is 3. The van der Waals surface area contributed by atoms with Gasteiger partial charge >= 0.3 is 6.18 Å². The van der Waals surface area contributed by atoms with Crippen LogP contribution in [-0.4, -0.2) is 67.1 Å². The molecule has 0 radical (unpaired) electrons. The lowest BCUT2D eigenvalue weighted by Crippen LogP contribution is -2.59. The Labute approximate surface area is 175 Å². The van der Waals surface area contributed by atoms with Gasteiger partial charge in [-0.25, -0.2) is 0 Å². The predicted octanol–water partition coefficient (Wildman–Crippen LogP) is 0.550. The number of alkyl halides is 3. The summed E-state index contributed by atoms with van der Waals surface area (Å²) >= 11 is 0. The number of benzene rings is 1. The third-order valence-corrected chi connectivity index (χ3v) is 5.00. The van der Waals surface area contributed by atoms with Gasteiger partial charge in [0.25, 0.3) is 0 Å². The number of anilines is 2. The minimum atomic E-state index is -4.46. The maximum atomic E-state index is 13.2. The molecule has 2 heterocycles. The molecule has 0 saturated carbocycles. The van der Waals surface area contributed by atoms with Crippen LogP contribution in [0.4, 0.5) is 24.5 Å². The van der Waals surface area contributed by atoms with Gasteiger partial charge in [-0.3, -0.25) is 24.6 Å². The predicted molar refractivity (Wildman–Crippen MR) is 104 cm³/mol. The average molecular weight is 438 g/mol. The molecule has 0 aliphatic carbocycles. The van der Waals surface area contributed by atoms with E-state index in [1.165, 1.54) is 18.2 Å².